The summed E-state index contributed by atoms with van der Waals surface area (Å²) in [6.45, 7) is 8.50. The van der Waals surface area contributed by atoms with Crippen LogP contribution < -0.4 is 0 Å². The van der Waals surface area contributed by atoms with E-state index in [1.807, 2.05) is 6.08 Å². The number of Topliss-reactive ketones (excluding diaryl/α,β-unsaturated/α-hetero) is 1. The van der Waals surface area contributed by atoms with Crippen LogP contribution in [0.1, 0.15) is 89.4 Å². The van der Waals surface area contributed by atoms with Crippen LogP contribution in [0.3, 0.4) is 0 Å². The van der Waals surface area contributed by atoms with E-state index >= 15 is 0 Å². The van der Waals surface area contributed by atoms with Gasteiger partial charge in [0.1, 0.15) is 0 Å². The summed E-state index contributed by atoms with van der Waals surface area (Å²) in [5, 5.41) is 0. The van der Waals surface area contributed by atoms with Crippen molar-refractivity contribution in [3.8, 4) is 0 Å². The number of carbonyl (C=O) groups is 2. The smallest absolute Gasteiger partial charge is 0.337 e. The van der Waals surface area contributed by atoms with Crippen LogP contribution in [0.25, 0.3) is 6.08 Å². The highest BCUT2D eigenvalue weighted by molar-refractivity contribution is 6.11. The van der Waals surface area contributed by atoms with Crippen LogP contribution in [0.5, 0.6) is 0 Å². The standard InChI is InChI=1S/C23H26N2O3/c1-13(2)20-21(14(3)4)25-19-12-17(10-11-18(19)24-20)22(26)15-6-8-16(9-7-15)23(27)28-5/h6-9,12-14H,10-11H2,1-5H3. The minimum Gasteiger partial charge on any atom is -0.465 e. The van der Waals surface area contributed by atoms with Crippen molar-refractivity contribution in [1.82, 2.24) is 9.97 Å². The molecule has 28 heavy (non-hydrogen) atoms. The molecule has 1 aliphatic rings. The Morgan fingerprint density at radius 1 is 0.893 bits per heavy atom. The molecule has 0 bridgehead atoms. The van der Waals surface area contributed by atoms with E-state index < -0.39 is 5.97 Å². The summed E-state index contributed by atoms with van der Waals surface area (Å²) in [5.41, 5.74) is 5.52. The number of nitrogens with zero attached hydrogens (tertiary/aromatic N) is 2. The van der Waals surface area contributed by atoms with E-state index in [1.165, 1.54) is 7.11 Å². The van der Waals surface area contributed by atoms with E-state index in [0.717, 1.165) is 28.3 Å². The van der Waals surface area contributed by atoms with Crippen molar-refractivity contribution in [3.05, 3.63) is 63.7 Å². The second-order valence-corrected chi connectivity index (χ2v) is 7.70. The molecule has 0 aliphatic heterocycles. The minimum atomic E-state index is -0.415. The van der Waals surface area contributed by atoms with Crippen LogP contribution in [-0.4, -0.2) is 28.8 Å². The van der Waals surface area contributed by atoms with Crippen molar-refractivity contribution >= 4 is 17.8 Å². The lowest BCUT2D eigenvalue weighted by molar-refractivity contribution is 0.0600. The number of hydrogen-bond acceptors (Lipinski definition) is 5. The average molecular weight is 378 g/mol. The van der Waals surface area contributed by atoms with Gasteiger partial charge in [-0.25, -0.2) is 9.78 Å². The summed E-state index contributed by atoms with van der Waals surface area (Å²) in [5.74, 6) is 0.135. The highest BCUT2D eigenvalue weighted by Gasteiger charge is 2.23. The van der Waals surface area contributed by atoms with Crippen LogP contribution in [-0.2, 0) is 11.2 Å². The fourth-order valence-corrected chi connectivity index (χ4v) is 3.39. The Morgan fingerprint density at radius 2 is 1.46 bits per heavy atom. The molecular formula is C23H26N2O3. The number of methoxy groups -OCH3 is 1. The Bertz CT molecular complexity index is 941. The van der Waals surface area contributed by atoms with Gasteiger partial charge in [-0.15, -0.1) is 0 Å². The van der Waals surface area contributed by atoms with E-state index in [9.17, 15) is 9.59 Å². The summed E-state index contributed by atoms with van der Waals surface area (Å²) >= 11 is 0. The Morgan fingerprint density at radius 3 is 2.04 bits per heavy atom. The summed E-state index contributed by atoms with van der Waals surface area (Å²) in [7, 11) is 1.34. The van der Waals surface area contributed by atoms with Gasteiger partial charge in [0.05, 0.1) is 35.4 Å². The number of allylic oxidation sites excluding steroid dienone is 1. The topological polar surface area (TPSA) is 69.2 Å². The van der Waals surface area contributed by atoms with Crippen molar-refractivity contribution in [2.24, 2.45) is 0 Å². The van der Waals surface area contributed by atoms with Crippen LogP contribution in [0.4, 0.5) is 0 Å². The van der Waals surface area contributed by atoms with Crippen LogP contribution in [0.2, 0.25) is 0 Å². The van der Waals surface area contributed by atoms with Crippen molar-refractivity contribution in [2.45, 2.75) is 52.4 Å². The van der Waals surface area contributed by atoms with Gasteiger partial charge in [-0.1, -0.05) is 39.8 Å². The lowest BCUT2D eigenvalue weighted by Gasteiger charge is -2.20. The Balaban J connectivity index is 1.93. The number of hydrogen-bond donors (Lipinski definition) is 0. The Labute approximate surface area is 165 Å². The molecule has 0 amide bonds. The highest BCUT2D eigenvalue weighted by atomic mass is 16.5. The molecule has 0 saturated heterocycles. The van der Waals surface area contributed by atoms with Crippen molar-refractivity contribution in [3.63, 3.8) is 0 Å². The maximum Gasteiger partial charge on any atom is 0.337 e. The molecule has 5 nitrogen and oxygen atoms in total. The lowest BCUT2D eigenvalue weighted by Crippen LogP contribution is -2.15. The SMILES string of the molecule is COC(=O)c1ccc(C(=O)C2=Cc3nc(C(C)C)c(C(C)C)nc3CC2)cc1. The minimum absolute atomic E-state index is 0.0390. The molecule has 1 aliphatic carbocycles. The van der Waals surface area contributed by atoms with Gasteiger partial charge in [0.2, 0.25) is 0 Å². The summed E-state index contributed by atoms with van der Waals surface area (Å²) in [6.07, 6.45) is 3.22. The molecule has 5 heteroatoms. The highest BCUT2D eigenvalue weighted by Crippen LogP contribution is 2.29. The Kier molecular flexibility index (Phi) is 5.73. The van der Waals surface area contributed by atoms with Crippen molar-refractivity contribution in [2.75, 3.05) is 7.11 Å². The summed E-state index contributed by atoms with van der Waals surface area (Å²) < 4.78 is 4.70. The molecule has 1 aromatic heterocycles. The lowest BCUT2D eigenvalue weighted by atomic mass is 9.91. The first-order valence-corrected chi connectivity index (χ1v) is 9.66. The third-order valence-electron chi connectivity index (χ3n) is 4.95. The number of ketones is 1. The molecule has 0 fully saturated rings. The molecule has 146 valence electrons. The van der Waals surface area contributed by atoms with E-state index in [-0.39, 0.29) is 11.7 Å². The zero-order chi connectivity index (χ0) is 20.4. The van der Waals surface area contributed by atoms with E-state index in [0.29, 0.717) is 29.9 Å². The third-order valence-corrected chi connectivity index (χ3v) is 4.95. The summed E-state index contributed by atoms with van der Waals surface area (Å²) in [4.78, 5) is 34.2. The zero-order valence-corrected chi connectivity index (χ0v) is 17.1. The van der Waals surface area contributed by atoms with Crippen LogP contribution >= 0.6 is 0 Å². The molecule has 0 spiro atoms. The van der Waals surface area contributed by atoms with Crippen molar-refractivity contribution < 1.29 is 14.3 Å². The number of ether oxygens (including phenoxy) is 1. The number of carbonyl (C=O) groups excluding carboxylic acids is 2. The number of rotatable bonds is 5. The molecule has 0 radical (unpaired) electrons. The molecule has 0 unspecified atom stereocenters. The number of benzene rings is 1. The predicted octanol–water partition coefficient (Wildman–Crippen LogP) is 4.72. The maximum atomic E-state index is 12.9. The quantitative estimate of drug-likeness (QED) is 0.556. The van der Waals surface area contributed by atoms with E-state index in [2.05, 4.69) is 27.7 Å². The van der Waals surface area contributed by atoms with Gasteiger partial charge < -0.3 is 4.74 Å². The monoisotopic (exact) mass is 378 g/mol. The first kappa shape index (κ1) is 19.9. The molecular weight excluding hydrogens is 352 g/mol. The molecule has 1 aromatic carbocycles. The van der Waals surface area contributed by atoms with E-state index in [4.69, 9.17) is 14.7 Å². The third kappa shape index (κ3) is 3.88. The zero-order valence-electron chi connectivity index (χ0n) is 17.1. The fraction of sp³-hybridized carbons (Fsp3) is 0.391. The second-order valence-electron chi connectivity index (χ2n) is 7.70. The van der Waals surface area contributed by atoms with Gasteiger partial charge in [-0.2, -0.15) is 0 Å². The first-order chi connectivity index (χ1) is 13.3. The largest absolute Gasteiger partial charge is 0.465 e. The van der Waals surface area contributed by atoms with Gasteiger partial charge in [0.15, 0.2) is 5.78 Å². The number of aromatic nitrogens is 2. The second kappa shape index (κ2) is 8.05. The number of esters is 1. The van der Waals surface area contributed by atoms with Crippen molar-refractivity contribution in [1.29, 1.82) is 0 Å². The Hall–Kier alpha value is -2.82. The van der Waals surface area contributed by atoms with Gasteiger partial charge >= 0.3 is 5.97 Å². The van der Waals surface area contributed by atoms with E-state index in [1.54, 1.807) is 24.3 Å². The molecule has 3 rings (SSSR count). The molecule has 0 saturated carbocycles. The summed E-state index contributed by atoms with van der Waals surface area (Å²) in [6, 6.07) is 6.56. The van der Waals surface area contributed by atoms with Crippen LogP contribution in [0, 0.1) is 0 Å². The van der Waals surface area contributed by atoms with Gasteiger partial charge in [0.25, 0.3) is 0 Å². The first-order valence-electron chi connectivity index (χ1n) is 9.66. The van der Waals surface area contributed by atoms with Crippen LogP contribution in [0.15, 0.2) is 29.8 Å². The predicted molar refractivity (Wildman–Crippen MR) is 109 cm³/mol. The fourth-order valence-electron chi connectivity index (χ4n) is 3.39. The maximum absolute atomic E-state index is 12.9. The average Bonchev–Trinajstić information content (AvgIpc) is 2.71. The van der Waals surface area contributed by atoms with Gasteiger partial charge in [0, 0.05) is 11.1 Å². The molecule has 2 aromatic rings. The normalized spacial score (nSPS) is 13.3. The molecule has 1 heterocycles. The number of aryl methyl sites for hydroxylation is 1. The van der Waals surface area contributed by atoms with Gasteiger partial charge in [-0.3, -0.25) is 9.78 Å². The van der Waals surface area contributed by atoms with Gasteiger partial charge in [-0.05, 0) is 42.9 Å². The molecule has 0 atom stereocenters. The number of fused-ring (bicyclic) bond motifs is 1. The molecule has 0 N–H and O–H groups in total.